The first-order chi connectivity index (χ1) is 12.9. The number of halogens is 1. The summed E-state index contributed by atoms with van der Waals surface area (Å²) in [6, 6.07) is 4.64. The minimum atomic E-state index is -3.63. The highest BCUT2D eigenvalue weighted by atomic mass is 35.5. The lowest BCUT2D eigenvalue weighted by atomic mass is 10.3. The Hall–Kier alpha value is -1.29. The van der Waals surface area contributed by atoms with Gasteiger partial charge in [-0.25, -0.2) is 8.42 Å². The zero-order valence-electron chi connectivity index (χ0n) is 15.1. The van der Waals surface area contributed by atoms with Gasteiger partial charge < -0.3 is 15.6 Å². The van der Waals surface area contributed by atoms with E-state index in [0.717, 1.165) is 4.91 Å². The SMILES string of the molecule is C=C/C=C(\C=C/CCl)Sc1ccc(S(=O)(=O)N2CCNCC2)cc1N(C)[O-]. The Kier molecular flexibility index (Phi) is 8.40. The van der Waals surface area contributed by atoms with E-state index in [2.05, 4.69) is 11.9 Å². The summed E-state index contributed by atoms with van der Waals surface area (Å²) in [5.41, 5.74) is 0.297. The zero-order valence-corrected chi connectivity index (χ0v) is 17.5. The Bertz CT molecular complexity index is 817. The third-order valence-electron chi connectivity index (χ3n) is 3.86. The number of hydroxylamine groups is 1. The molecule has 6 nitrogen and oxygen atoms in total. The van der Waals surface area contributed by atoms with Crippen molar-refractivity contribution in [2.75, 3.05) is 44.2 Å². The lowest BCUT2D eigenvalue weighted by Crippen LogP contribution is -2.46. The Labute approximate surface area is 170 Å². The summed E-state index contributed by atoms with van der Waals surface area (Å²) in [5, 5.41) is 15.9. The molecule has 0 radical (unpaired) electrons. The van der Waals surface area contributed by atoms with Crippen LogP contribution in [0.1, 0.15) is 0 Å². The Morgan fingerprint density at radius 2 is 2.15 bits per heavy atom. The number of hydrogen-bond donors (Lipinski definition) is 1. The van der Waals surface area contributed by atoms with Gasteiger partial charge >= 0.3 is 0 Å². The van der Waals surface area contributed by atoms with Crippen LogP contribution in [0.25, 0.3) is 0 Å². The predicted octanol–water partition coefficient (Wildman–Crippen LogP) is 3.17. The summed E-state index contributed by atoms with van der Waals surface area (Å²) in [6.07, 6.45) is 7.06. The summed E-state index contributed by atoms with van der Waals surface area (Å²) in [7, 11) is -2.28. The number of thioether (sulfide) groups is 1. The van der Waals surface area contributed by atoms with Crippen molar-refractivity contribution in [2.45, 2.75) is 9.79 Å². The van der Waals surface area contributed by atoms with E-state index in [1.54, 1.807) is 30.4 Å². The van der Waals surface area contributed by atoms with Gasteiger partial charge in [0.2, 0.25) is 10.0 Å². The molecule has 27 heavy (non-hydrogen) atoms. The molecule has 0 atom stereocenters. The molecule has 1 N–H and O–H groups in total. The molecular formula is C18H23ClN3O3S2-. The van der Waals surface area contributed by atoms with Gasteiger partial charge in [-0.2, -0.15) is 4.31 Å². The number of anilines is 1. The molecule has 1 fully saturated rings. The molecule has 0 saturated carbocycles. The van der Waals surface area contributed by atoms with E-state index in [1.807, 2.05) is 6.08 Å². The Balaban J connectivity index is 2.37. The number of piperazine rings is 1. The van der Waals surface area contributed by atoms with Gasteiger partial charge in [-0.05, 0) is 31.3 Å². The van der Waals surface area contributed by atoms with E-state index in [1.165, 1.54) is 29.2 Å². The molecular weight excluding hydrogens is 406 g/mol. The van der Waals surface area contributed by atoms with Gasteiger partial charge in [-0.1, -0.05) is 36.6 Å². The van der Waals surface area contributed by atoms with Crippen molar-refractivity contribution in [1.82, 2.24) is 9.62 Å². The van der Waals surface area contributed by atoms with Gasteiger partial charge in [-0.3, -0.25) is 0 Å². The van der Waals surface area contributed by atoms with Crippen molar-refractivity contribution in [3.05, 3.63) is 59.2 Å². The maximum Gasteiger partial charge on any atom is 0.243 e. The van der Waals surface area contributed by atoms with Gasteiger partial charge in [-0.15, -0.1) is 11.6 Å². The third-order valence-corrected chi connectivity index (χ3v) is 7.01. The molecule has 0 spiro atoms. The number of nitrogens with zero attached hydrogens (tertiary/aromatic N) is 2. The summed E-state index contributed by atoms with van der Waals surface area (Å²) < 4.78 is 27.2. The van der Waals surface area contributed by atoms with Crippen molar-refractivity contribution in [3.63, 3.8) is 0 Å². The van der Waals surface area contributed by atoms with E-state index < -0.39 is 10.0 Å². The summed E-state index contributed by atoms with van der Waals surface area (Å²) in [4.78, 5) is 1.61. The van der Waals surface area contributed by atoms with E-state index in [-0.39, 0.29) is 4.90 Å². The fourth-order valence-corrected chi connectivity index (χ4v) is 5.11. The van der Waals surface area contributed by atoms with E-state index in [4.69, 9.17) is 11.6 Å². The highest BCUT2D eigenvalue weighted by molar-refractivity contribution is 8.03. The van der Waals surface area contributed by atoms with Gasteiger partial charge in [0.25, 0.3) is 0 Å². The molecule has 1 saturated heterocycles. The summed E-state index contributed by atoms with van der Waals surface area (Å²) in [5.74, 6) is 0.366. The number of benzene rings is 1. The second-order valence-corrected chi connectivity index (χ2v) is 9.11. The Morgan fingerprint density at radius 1 is 1.44 bits per heavy atom. The van der Waals surface area contributed by atoms with Crippen molar-refractivity contribution >= 4 is 39.1 Å². The molecule has 0 unspecified atom stereocenters. The average Bonchev–Trinajstić information content (AvgIpc) is 2.67. The second-order valence-electron chi connectivity index (χ2n) is 5.74. The Morgan fingerprint density at radius 3 is 2.74 bits per heavy atom. The molecule has 1 aromatic rings. The van der Waals surface area contributed by atoms with Crippen LogP contribution in [-0.2, 0) is 10.0 Å². The minimum absolute atomic E-state index is 0.122. The van der Waals surface area contributed by atoms with Crippen LogP contribution in [0.4, 0.5) is 5.69 Å². The highest BCUT2D eigenvalue weighted by Crippen LogP contribution is 2.37. The molecule has 1 aromatic carbocycles. The molecule has 1 aliphatic heterocycles. The molecule has 0 bridgehead atoms. The van der Waals surface area contributed by atoms with E-state index in [0.29, 0.717) is 47.7 Å². The van der Waals surface area contributed by atoms with E-state index in [9.17, 15) is 13.6 Å². The molecule has 2 rings (SSSR count). The normalized spacial score (nSPS) is 16.6. The van der Waals surface area contributed by atoms with Crippen LogP contribution in [0.5, 0.6) is 0 Å². The largest absolute Gasteiger partial charge is 0.758 e. The first-order valence-corrected chi connectivity index (χ1v) is 11.2. The van der Waals surface area contributed by atoms with E-state index >= 15 is 0 Å². The number of alkyl halides is 1. The predicted molar refractivity (Wildman–Crippen MR) is 114 cm³/mol. The number of sulfonamides is 1. The van der Waals surface area contributed by atoms with Crippen LogP contribution in [0.3, 0.4) is 0 Å². The monoisotopic (exact) mass is 428 g/mol. The lowest BCUT2D eigenvalue weighted by molar-refractivity contribution is 0.360. The van der Waals surface area contributed by atoms with Crippen molar-refractivity contribution in [2.24, 2.45) is 0 Å². The molecule has 0 amide bonds. The first kappa shape index (κ1) is 22.0. The standard InChI is InChI=1S/C18H23ClN3O3S2/c1-3-5-15(6-4-9-19)26-18-8-7-16(14-17(18)21(2)23)27(24,25)22-12-10-20-11-13-22/h3-8,14,20H,1,9-13H2,2H3/q-1/b6-4-,15-5+. The number of allylic oxidation sites excluding steroid dienone is 4. The van der Waals surface area contributed by atoms with Crippen LogP contribution in [0, 0.1) is 5.21 Å². The molecule has 9 heteroatoms. The smallest absolute Gasteiger partial charge is 0.243 e. The maximum atomic E-state index is 12.9. The van der Waals surface area contributed by atoms with Crippen LogP contribution < -0.4 is 10.4 Å². The third kappa shape index (κ3) is 5.84. The van der Waals surface area contributed by atoms with Crippen molar-refractivity contribution in [3.8, 4) is 0 Å². The lowest BCUT2D eigenvalue weighted by Gasteiger charge is -2.30. The highest BCUT2D eigenvalue weighted by Gasteiger charge is 2.26. The number of rotatable bonds is 8. The fraction of sp³-hybridized carbons (Fsp3) is 0.333. The molecule has 148 valence electrons. The van der Waals surface area contributed by atoms with Crippen LogP contribution in [0.15, 0.2) is 63.8 Å². The van der Waals surface area contributed by atoms with Gasteiger partial charge in [0.15, 0.2) is 0 Å². The quantitative estimate of drug-likeness (QED) is 0.296. The minimum Gasteiger partial charge on any atom is -0.758 e. The average molecular weight is 429 g/mol. The number of nitrogens with one attached hydrogen (secondary N) is 1. The van der Waals surface area contributed by atoms with Gasteiger partial charge in [0, 0.05) is 47.5 Å². The van der Waals surface area contributed by atoms with Crippen LogP contribution in [-0.4, -0.2) is 51.8 Å². The molecule has 0 aromatic heterocycles. The summed E-state index contributed by atoms with van der Waals surface area (Å²) in [6.45, 7) is 5.74. The van der Waals surface area contributed by atoms with Crippen LogP contribution in [0.2, 0.25) is 0 Å². The van der Waals surface area contributed by atoms with Crippen molar-refractivity contribution in [1.29, 1.82) is 0 Å². The molecule has 1 heterocycles. The molecule has 0 aliphatic carbocycles. The second kappa shape index (κ2) is 10.3. The van der Waals surface area contributed by atoms with Crippen molar-refractivity contribution < 1.29 is 8.42 Å². The number of hydrogen-bond acceptors (Lipinski definition) is 6. The van der Waals surface area contributed by atoms with Gasteiger partial charge in [0.1, 0.15) is 0 Å². The zero-order chi connectivity index (χ0) is 19.9. The first-order valence-electron chi connectivity index (χ1n) is 8.39. The molecule has 1 aliphatic rings. The fourth-order valence-electron chi connectivity index (χ4n) is 2.55. The summed E-state index contributed by atoms with van der Waals surface area (Å²) >= 11 is 7.04. The maximum absolute atomic E-state index is 12.9. The van der Waals surface area contributed by atoms with Gasteiger partial charge in [0.05, 0.1) is 4.90 Å². The van der Waals surface area contributed by atoms with Crippen LogP contribution >= 0.6 is 23.4 Å². The topological polar surface area (TPSA) is 75.7 Å².